The molecule has 1 unspecified atom stereocenters. The molecule has 0 bridgehead atoms. The molecule has 0 aliphatic heterocycles. The molecule has 1 heterocycles. The lowest BCUT2D eigenvalue weighted by molar-refractivity contribution is 0.562. The summed E-state index contributed by atoms with van der Waals surface area (Å²) >= 11 is 3.31. The van der Waals surface area contributed by atoms with E-state index < -0.39 is 11.9 Å². The Morgan fingerprint density at radius 3 is 2.78 bits per heavy atom. The summed E-state index contributed by atoms with van der Waals surface area (Å²) in [5.41, 5.74) is 6.78. The van der Waals surface area contributed by atoms with Crippen molar-refractivity contribution in [3.8, 4) is 0 Å². The molecule has 2 aromatic rings. The van der Waals surface area contributed by atoms with E-state index in [0.717, 1.165) is 4.47 Å². The smallest absolute Gasteiger partial charge is 0.146 e. The molecule has 0 aliphatic carbocycles. The van der Waals surface area contributed by atoms with Crippen molar-refractivity contribution >= 4 is 15.9 Å². The molecule has 0 radical (unpaired) electrons. The highest BCUT2D eigenvalue weighted by atomic mass is 79.9. The topological polar surface area (TPSA) is 38.9 Å². The Morgan fingerprint density at radius 2 is 2.06 bits per heavy atom. The zero-order valence-electron chi connectivity index (χ0n) is 9.41. The number of halogens is 3. The van der Waals surface area contributed by atoms with Gasteiger partial charge in [-0.3, -0.25) is 4.98 Å². The largest absolute Gasteiger partial charge is 0.322 e. The van der Waals surface area contributed by atoms with Gasteiger partial charge < -0.3 is 5.73 Å². The number of rotatable bonds is 3. The summed E-state index contributed by atoms with van der Waals surface area (Å²) in [4.78, 5) is 3.92. The Hall–Kier alpha value is -1.33. The van der Waals surface area contributed by atoms with Gasteiger partial charge in [-0.2, -0.15) is 0 Å². The lowest BCUT2D eigenvalue weighted by Crippen LogP contribution is -2.17. The molecule has 2 nitrogen and oxygen atoms in total. The second kappa shape index (κ2) is 5.54. The number of benzene rings is 1. The molecule has 0 saturated heterocycles. The molecular formula is C13H11BrF2N2. The van der Waals surface area contributed by atoms with Crippen LogP contribution in [0.2, 0.25) is 0 Å². The van der Waals surface area contributed by atoms with E-state index in [0.29, 0.717) is 12.0 Å². The second-order valence-corrected chi connectivity index (χ2v) is 4.77. The average Bonchev–Trinajstić information content (AvgIpc) is 2.34. The zero-order chi connectivity index (χ0) is 13.1. The van der Waals surface area contributed by atoms with E-state index in [2.05, 4.69) is 20.9 Å². The minimum absolute atomic E-state index is 0.189. The monoisotopic (exact) mass is 312 g/mol. The lowest BCUT2D eigenvalue weighted by Gasteiger charge is -2.13. The normalized spacial score (nSPS) is 12.4. The zero-order valence-corrected chi connectivity index (χ0v) is 11.0. The van der Waals surface area contributed by atoms with Crippen molar-refractivity contribution in [1.82, 2.24) is 4.98 Å². The van der Waals surface area contributed by atoms with E-state index in [1.54, 1.807) is 6.07 Å². The van der Waals surface area contributed by atoms with Crippen molar-refractivity contribution in [1.29, 1.82) is 0 Å². The van der Waals surface area contributed by atoms with Crippen molar-refractivity contribution in [2.75, 3.05) is 0 Å². The number of nitrogens with two attached hydrogens (primary N) is 1. The van der Waals surface area contributed by atoms with Gasteiger partial charge in [-0.15, -0.1) is 0 Å². The molecular weight excluding hydrogens is 302 g/mol. The Morgan fingerprint density at radius 1 is 1.28 bits per heavy atom. The van der Waals surface area contributed by atoms with Crippen LogP contribution in [0.5, 0.6) is 0 Å². The van der Waals surface area contributed by atoms with Gasteiger partial charge in [0, 0.05) is 10.7 Å². The molecule has 1 aromatic heterocycles. The fraction of sp³-hybridized carbons (Fsp3) is 0.154. The molecule has 1 aromatic carbocycles. The maximum Gasteiger partial charge on any atom is 0.146 e. The molecule has 2 rings (SSSR count). The first-order valence-electron chi connectivity index (χ1n) is 5.38. The van der Waals surface area contributed by atoms with Crippen molar-refractivity contribution in [3.05, 3.63) is 63.9 Å². The quantitative estimate of drug-likeness (QED) is 0.943. The van der Waals surface area contributed by atoms with E-state index >= 15 is 0 Å². The van der Waals surface area contributed by atoms with E-state index in [1.165, 1.54) is 30.5 Å². The van der Waals surface area contributed by atoms with Crippen molar-refractivity contribution in [2.45, 2.75) is 12.5 Å². The molecule has 5 heteroatoms. The van der Waals surface area contributed by atoms with Crippen LogP contribution in [-0.2, 0) is 6.42 Å². The van der Waals surface area contributed by atoms with Crippen LogP contribution in [-0.4, -0.2) is 4.98 Å². The Labute approximate surface area is 112 Å². The molecule has 94 valence electrons. The van der Waals surface area contributed by atoms with Crippen LogP contribution in [0.4, 0.5) is 8.78 Å². The van der Waals surface area contributed by atoms with Gasteiger partial charge in [0.2, 0.25) is 0 Å². The standard InChI is InChI=1S/C13H11BrF2N2/c14-10-4-3-9(15)6-8(10)7-12(17)13-11(16)2-1-5-18-13/h1-6,12H,7,17H2. The summed E-state index contributed by atoms with van der Waals surface area (Å²) in [6.07, 6.45) is 1.80. The summed E-state index contributed by atoms with van der Waals surface area (Å²) < 4.78 is 27.4. The molecule has 0 aliphatic rings. The van der Waals surface area contributed by atoms with E-state index in [-0.39, 0.29) is 11.5 Å². The van der Waals surface area contributed by atoms with Gasteiger partial charge in [0.25, 0.3) is 0 Å². The highest BCUT2D eigenvalue weighted by Crippen LogP contribution is 2.23. The Kier molecular flexibility index (Phi) is 4.04. The molecule has 2 N–H and O–H groups in total. The molecule has 0 spiro atoms. The lowest BCUT2D eigenvalue weighted by atomic mass is 10.0. The Balaban J connectivity index is 2.24. The summed E-state index contributed by atoms with van der Waals surface area (Å²) in [6.45, 7) is 0. The SMILES string of the molecule is NC(Cc1cc(F)ccc1Br)c1ncccc1F. The average molecular weight is 313 g/mol. The third-order valence-electron chi connectivity index (χ3n) is 2.59. The van der Waals surface area contributed by atoms with E-state index in [1.807, 2.05) is 0 Å². The fourth-order valence-corrected chi connectivity index (χ4v) is 2.11. The highest BCUT2D eigenvalue weighted by molar-refractivity contribution is 9.10. The van der Waals surface area contributed by atoms with Gasteiger partial charge >= 0.3 is 0 Å². The van der Waals surface area contributed by atoms with Crippen LogP contribution in [0, 0.1) is 11.6 Å². The molecule has 0 saturated carbocycles. The molecule has 18 heavy (non-hydrogen) atoms. The van der Waals surface area contributed by atoms with Gasteiger partial charge in [0.15, 0.2) is 0 Å². The molecule has 0 fully saturated rings. The number of hydrogen-bond acceptors (Lipinski definition) is 2. The van der Waals surface area contributed by atoms with E-state index in [4.69, 9.17) is 5.73 Å². The summed E-state index contributed by atoms with van der Waals surface area (Å²) in [7, 11) is 0. The van der Waals surface area contributed by atoms with Crippen molar-refractivity contribution in [2.24, 2.45) is 5.73 Å². The second-order valence-electron chi connectivity index (χ2n) is 3.92. The van der Waals surface area contributed by atoms with Crippen LogP contribution >= 0.6 is 15.9 Å². The first-order chi connectivity index (χ1) is 8.58. The minimum Gasteiger partial charge on any atom is -0.322 e. The number of pyridine rings is 1. The van der Waals surface area contributed by atoms with Crippen LogP contribution < -0.4 is 5.73 Å². The molecule has 0 amide bonds. The fourth-order valence-electron chi connectivity index (χ4n) is 1.70. The van der Waals surface area contributed by atoms with Gasteiger partial charge in [0.1, 0.15) is 11.6 Å². The third-order valence-corrected chi connectivity index (χ3v) is 3.36. The van der Waals surface area contributed by atoms with Gasteiger partial charge in [-0.1, -0.05) is 15.9 Å². The predicted octanol–water partition coefficient (Wildman–Crippen LogP) is 3.36. The van der Waals surface area contributed by atoms with Gasteiger partial charge in [-0.25, -0.2) is 8.78 Å². The van der Waals surface area contributed by atoms with Gasteiger partial charge in [-0.05, 0) is 42.3 Å². The number of aromatic nitrogens is 1. The highest BCUT2D eigenvalue weighted by Gasteiger charge is 2.15. The number of nitrogens with zero attached hydrogens (tertiary/aromatic N) is 1. The van der Waals surface area contributed by atoms with Crippen LogP contribution in [0.25, 0.3) is 0 Å². The summed E-state index contributed by atoms with van der Waals surface area (Å²) in [5, 5.41) is 0. The maximum atomic E-state index is 13.5. The predicted molar refractivity (Wildman–Crippen MR) is 68.9 cm³/mol. The van der Waals surface area contributed by atoms with Crippen LogP contribution in [0.3, 0.4) is 0 Å². The van der Waals surface area contributed by atoms with Gasteiger partial charge in [0.05, 0.1) is 11.7 Å². The summed E-state index contributed by atoms with van der Waals surface area (Å²) in [6, 6.07) is 6.54. The number of hydrogen-bond donors (Lipinski definition) is 1. The van der Waals surface area contributed by atoms with Crippen LogP contribution in [0.15, 0.2) is 41.0 Å². The maximum absolute atomic E-state index is 13.5. The van der Waals surface area contributed by atoms with Crippen molar-refractivity contribution < 1.29 is 8.78 Å². The third kappa shape index (κ3) is 2.91. The first kappa shape index (κ1) is 13.1. The minimum atomic E-state index is -0.607. The van der Waals surface area contributed by atoms with Crippen molar-refractivity contribution in [3.63, 3.8) is 0 Å². The van der Waals surface area contributed by atoms with E-state index in [9.17, 15) is 8.78 Å². The summed E-state index contributed by atoms with van der Waals surface area (Å²) in [5.74, 6) is -0.792. The Bertz CT molecular complexity index is 560. The molecule has 1 atom stereocenters. The first-order valence-corrected chi connectivity index (χ1v) is 6.17. The van der Waals surface area contributed by atoms with Crippen LogP contribution in [0.1, 0.15) is 17.3 Å².